The molecule has 2 aromatic heterocycles. The molecular formula is C22H26N2O2S. The third-order valence-corrected chi connectivity index (χ3v) is 6.07. The van der Waals surface area contributed by atoms with E-state index in [4.69, 9.17) is 0 Å². The Morgan fingerprint density at radius 2 is 1.74 bits per heavy atom. The summed E-state index contributed by atoms with van der Waals surface area (Å²) < 4.78 is 2.27. The molecule has 5 heteroatoms. The number of benzene rings is 1. The number of aliphatic hydroxyl groups is 2. The van der Waals surface area contributed by atoms with Crippen molar-refractivity contribution in [2.45, 2.75) is 56.4 Å². The summed E-state index contributed by atoms with van der Waals surface area (Å²) >= 11 is 1.67. The average molecular weight is 383 g/mol. The Morgan fingerprint density at radius 3 is 2.37 bits per heavy atom. The Balaban J connectivity index is 2.14. The van der Waals surface area contributed by atoms with Crippen LogP contribution in [0.2, 0.25) is 0 Å². The highest BCUT2D eigenvalue weighted by molar-refractivity contribution is 7.99. The predicted octanol–water partition coefficient (Wildman–Crippen LogP) is 4.50. The van der Waals surface area contributed by atoms with Crippen LogP contribution in [0.25, 0.3) is 0 Å². The van der Waals surface area contributed by atoms with Gasteiger partial charge in [0.2, 0.25) is 0 Å². The molecule has 4 nitrogen and oxygen atoms in total. The van der Waals surface area contributed by atoms with Crippen LogP contribution in [0.1, 0.15) is 47.7 Å². The third-order valence-electron chi connectivity index (χ3n) is 4.82. The van der Waals surface area contributed by atoms with E-state index in [1.54, 1.807) is 24.2 Å². The summed E-state index contributed by atoms with van der Waals surface area (Å²) in [6.45, 7) is 7.15. The van der Waals surface area contributed by atoms with Crippen molar-refractivity contribution in [3.63, 3.8) is 0 Å². The summed E-state index contributed by atoms with van der Waals surface area (Å²) in [5.74, 6) is 0.285. The van der Waals surface area contributed by atoms with Crippen molar-refractivity contribution in [2.75, 3.05) is 0 Å². The minimum atomic E-state index is 0.0110. The maximum atomic E-state index is 10.0. The van der Waals surface area contributed by atoms with Crippen LogP contribution in [-0.4, -0.2) is 19.8 Å². The first kappa shape index (κ1) is 19.7. The molecule has 3 aromatic rings. The largest absolute Gasteiger partial charge is 0.392 e. The molecule has 0 saturated heterocycles. The molecule has 0 fully saturated rings. The Hall–Kier alpha value is -2.08. The molecule has 0 aliphatic rings. The van der Waals surface area contributed by atoms with Gasteiger partial charge in [0, 0.05) is 35.1 Å². The lowest BCUT2D eigenvalue weighted by molar-refractivity contribution is 0.278. The van der Waals surface area contributed by atoms with E-state index in [-0.39, 0.29) is 19.1 Å². The van der Waals surface area contributed by atoms with Gasteiger partial charge in [-0.3, -0.25) is 4.98 Å². The van der Waals surface area contributed by atoms with Gasteiger partial charge in [-0.25, -0.2) is 0 Å². The van der Waals surface area contributed by atoms with Gasteiger partial charge in [0.25, 0.3) is 0 Å². The van der Waals surface area contributed by atoms with Crippen LogP contribution in [-0.2, 0) is 19.8 Å². The van der Waals surface area contributed by atoms with Crippen molar-refractivity contribution < 1.29 is 10.2 Å². The lowest BCUT2D eigenvalue weighted by atomic mass is 10.0. The zero-order chi connectivity index (χ0) is 19.4. The first-order valence-corrected chi connectivity index (χ1v) is 9.96. The Morgan fingerprint density at radius 1 is 1.04 bits per heavy atom. The molecule has 142 valence electrons. The number of pyridine rings is 1. The second-order valence-electron chi connectivity index (χ2n) is 6.91. The first-order chi connectivity index (χ1) is 13.1. The standard InChI is InChI=1S/C22H26N2O2S/c1-15(2)21-19(14-26)16(3)24(12-17-8-10-23-11-9-17)22(21)27-20-7-5-4-6-18(20)13-25/h4-11,15,25-26H,12-14H2,1-3H3. The summed E-state index contributed by atoms with van der Waals surface area (Å²) in [6.07, 6.45) is 3.61. The minimum Gasteiger partial charge on any atom is -0.392 e. The molecule has 0 spiro atoms. The van der Waals surface area contributed by atoms with E-state index >= 15 is 0 Å². The van der Waals surface area contributed by atoms with E-state index in [1.165, 1.54) is 11.1 Å². The zero-order valence-electron chi connectivity index (χ0n) is 16.0. The lowest BCUT2D eigenvalue weighted by Crippen LogP contribution is -2.04. The molecular weight excluding hydrogens is 356 g/mol. The van der Waals surface area contributed by atoms with Gasteiger partial charge in [-0.15, -0.1) is 0 Å². The van der Waals surface area contributed by atoms with Crippen LogP contribution >= 0.6 is 11.8 Å². The fraction of sp³-hybridized carbons (Fsp3) is 0.318. The van der Waals surface area contributed by atoms with E-state index in [0.29, 0.717) is 0 Å². The van der Waals surface area contributed by atoms with Gasteiger partial charge < -0.3 is 14.8 Å². The van der Waals surface area contributed by atoms with E-state index in [1.807, 2.05) is 36.4 Å². The van der Waals surface area contributed by atoms with Gasteiger partial charge in [-0.1, -0.05) is 43.8 Å². The number of rotatable bonds is 7. The van der Waals surface area contributed by atoms with Crippen molar-refractivity contribution in [1.82, 2.24) is 9.55 Å². The monoisotopic (exact) mass is 382 g/mol. The zero-order valence-corrected chi connectivity index (χ0v) is 16.8. The van der Waals surface area contributed by atoms with Crippen molar-refractivity contribution in [1.29, 1.82) is 0 Å². The van der Waals surface area contributed by atoms with E-state index in [2.05, 4.69) is 30.3 Å². The highest BCUT2D eigenvalue weighted by Crippen LogP contribution is 2.41. The molecule has 1 aromatic carbocycles. The van der Waals surface area contributed by atoms with Crippen LogP contribution in [0.3, 0.4) is 0 Å². The van der Waals surface area contributed by atoms with E-state index < -0.39 is 0 Å². The Labute approximate surface area is 164 Å². The van der Waals surface area contributed by atoms with Crippen LogP contribution in [0.5, 0.6) is 0 Å². The Bertz CT molecular complexity index is 904. The van der Waals surface area contributed by atoms with Gasteiger partial charge in [0.15, 0.2) is 0 Å². The number of aliphatic hydroxyl groups excluding tert-OH is 2. The van der Waals surface area contributed by atoms with Gasteiger partial charge in [-0.2, -0.15) is 0 Å². The van der Waals surface area contributed by atoms with Gasteiger partial charge >= 0.3 is 0 Å². The van der Waals surface area contributed by atoms with E-state index in [0.717, 1.165) is 33.3 Å². The average Bonchev–Trinajstić information content (AvgIpc) is 2.94. The fourth-order valence-electron chi connectivity index (χ4n) is 3.39. The smallest absolute Gasteiger partial charge is 0.0840 e. The van der Waals surface area contributed by atoms with Crippen LogP contribution < -0.4 is 0 Å². The molecule has 0 unspecified atom stereocenters. The lowest BCUT2D eigenvalue weighted by Gasteiger charge is -2.15. The molecule has 0 atom stereocenters. The predicted molar refractivity (Wildman–Crippen MR) is 109 cm³/mol. The summed E-state index contributed by atoms with van der Waals surface area (Å²) in [7, 11) is 0. The summed E-state index contributed by atoms with van der Waals surface area (Å²) in [6, 6.07) is 12.0. The number of hydrogen-bond donors (Lipinski definition) is 2. The Kier molecular flexibility index (Phi) is 6.37. The highest BCUT2D eigenvalue weighted by Gasteiger charge is 2.23. The molecule has 2 N–H and O–H groups in total. The molecule has 0 aliphatic heterocycles. The normalized spacial score (nSPS) is 11.3. The third kappa shape index (κ3) is 4.10. The van der Waals surface area contributed by atoms with Crippen LogP contribution in [0, 0.1) is 6.92 Å². The van der Waals surface area contributed by atoms with E-state index in [9.17, 15) is 10.2 Å². The number of aromatic nitrogens is 2. The van der Waals surface area contributed by atoms with Crippen molar-refractivity contribution >= 4 is 11.8 Å². The second-order valence-corrected chi connectivity index (χ2v) is 7.94. The highest BCUT2D eigenvalue weighted by atomic mass is 32.2. The maximum absolute atomic E-state index is 10.0. The topological polar surface area (TPSA) is 58.3 Å². The molecule has 0 radical (unpaired) electrons. The molecule has 2 heterocycles. The summed E-state index contributed by atoms with van der Waals surface area (Å²) in [5.41, 5.74) is 5.35. The van der Waals surface area contributed by atoms with Gasteiger partial charge in [0.1, 0.15) is 0 Å². The molecule has 0 saturated carbocycles. The quantitative estimate of drug-likeness (QED) is 0.632. The number of hydrogen-bond acceptors (Lipinski definition) is 4. The van der Waals surface area contributed by atoms with Crippen molar-refractivity contribution in [3.8, 4) is 0 Å². The second kappa shape index (κ2) is 8.74. The molecule has 0 bridgehead atoms. The summed E-state index contributed by atoms with van der Waals surface area (Å²) in [4.78, 5) is 5.15. The molecule has 27 heavy (non-hydrogen) atoms. The molecule has 0 amide bonds. The fourth-order valence-corrected chi connectivity index (χ4v) is 4.79. The molecule has 0 aliphatic carbocycles. The van der Waals surface area contributed by atoms with Crippen LogP contribution in [0.4, 0.5) is 0 Å². The summed E-state index contributed by atoms with van der Waals surface area (Å²) in [5, 5.41) is 20.9. The maximum Gasteiger partial charge on any atom is 0.0840 e. The SMILES string of the molecule is Cc1c(CO)c(C(C)C)c(Sc2ccccc2CO)n1Cc1ccncc1. The van der Waals surface area contributed by atoms with Crippen LogP contribution in [0.15, 0.2) is 58.7 Å². The molecule has 3 rings (SSSR count). The van der Waals surface area contributed by atoms with Gasteiger partial charge in [-0.05, 0) is 47.7 Å². The number of nitrogens with zero attached hydrogens (tertiary/aromatic N) is 2. The first-order valence-electron chi connectivity index (χ1n) is 9.15. The van der Waals surface area contributed by atoms with Gasteiger partial charge in [0.05, 0.1) is 18.2 Å². The minimum absolute atomic E-state index is 0.0110. The van der Waals surface area contributed by atoms with Crippen molar-refractivity contribution in [2.24, 2.45) is 0 Å². The van der Waals surface area contributed by atoms with Crippen molar-refractivity contribution in [3.05, 3.63) is 76.7 Å².